The zero-order chi connectivity index (χ0) is 16.8. The molecule has 1 aromatic carbocycles. The summed E-state index contributed by atoms with van der Waals surface area (Å²) in [6.07, 6.45) is 5.85. The highest BCUT2D eigenvalue weighted by Crippen LogP contribution is 2.33. The van der Waals surface area contributed by atoms with Gasteiger partial charge in [0.15, 0.2) is 5.82 Å². The Bertz CT molecular complexity index is 935. The van der Waals surface area contributed by atoms with Crippen molar-refractivity contribution in [2.75, 3.05) is 24.3 Å². The fourth-order valence-corrected chi connectivity index (χ4v) is 2.97. The van der Waals surface area contributed by atoms with Gasteiger partial charge in [0.1, 0.15) is 17.3 Å². The minimum absolute atomic E-state index is 0.266. The first-order valence-electron chi connectivity index (χ1n) is 7.59. The number of hydrogen-bond donors (Lipinski definition) is 1. The van der Waals surface area contributed by atoms with Crippen molar-refractivity contribution in [1.29, 1.82) is 0 Å². The molecular weight excluding hydrogens is 307 g/mol. The van der Waals surface area contributed by atoms with E-state index in [1.165, 1.54) is 12.1 Å². The first-order valence-corrected chi connectivity index (χ1v) is 7.59. The van der Waals surface area contributed by atoms with Gasteiger partial charge in [0.05, 0.1) is 12.7 Å². The molecule has 3 aromatic rings. The number of nitrogen functional groups attached to an aromatic ring is 1. The zero-order valence-corrected chi connectivity index (χ0v) is 13.4. The van der Waals surface area contributed by atoms with E-state index in [4.69, 9.17) is 5.73 Å². The van der Waals surface area contributed by atoms with Gasteiger partial charge in [0.25, 0.3) is 0 Å². The predicted molar refractivity (Wildman–Crippen MR) is 91.3 cm³/mol. The number of nitrogens with two attached hydrogens (primary N) is 1. The number of aryl methyl sites for hydroxylation is 1. The van der Waals surface area contributed by atoms with E-state index in [0.29, 0.717) is 5.82 Å². The molecule has 0 bridgehead atoms. The van der Waals surface area contributed by atoms with Crippen molar-refractivity contribution >= 4 is 11.4 Å². The van der Waals surface area contributed by atoms with E-state index >= 15 is 0 Å². The summed E-state index contributed by atoms with van der Waals surface area (Å²) in [5, 5.41) is 6.58. The van der Waals surface area contributed by atoms with Crippen molar-refractivity contribution in [2.24, 2.45) is 7.05 Å². The van der Waals surface area contributed by atoms with Crippen LogP contribution in [0.4, 0.5) is 10.2 Å². The summed E-state index contributed by atoms with van der Waals surface area (Å²) in [5.74, 6) is 0.979. The Labute approximate surface area is 138 Å². The largest absolute Gasteiger partial charge is 0.382 e. The molecule has 0 saturated heterocycles. The highest BCUT2D eigenvalue weighted by molar-refractivity contribution is 5.86. The second-order valence-electron chi connectivity index (χ2n) is 5.86. The lowest BCUT2D eigenvalue weighted by Crippen LogP contribution is -2.34. The highest BCUT2D eigenvalue weighted by Gasteiger charge is 2.24. The Morgan fingerprint density at radius 2 is 1.88 bits per heavy atom. The van der Waals surface area contributed by atoms with Crippen LogP contribution in [0, 0.1) is 5.82 Å². The maximum absolute atomic E-state index is 13.2. The summed E-state index contributed by atoms with van der Waals surface area (Å²) < 4.78 is 16.9. The van der Waals surface area contributed by atoms with Crippen LogP contribution in [-0.4, -0.2) is 33.0 Å². The molecule has 0 amide bonds. The predicted octanol–water partition coefficient (Wildman–Crippen LogP) is 2.02. The third-order valence-electron chi connectivity index (χ3n) is 4.11. The van der Waals surface area contributed by atoms with Crippen molar-refractivity contribution in [3.8, 4) is 11.3 Å². The molecule has 0 unspecified atom stereocenters. The van der Waals surface area contributed by atoms with E-state index in [-0.39, 0.29) is 5.82 Å². The molecule has 7 heteroatoms. The average molecular weight is 324 g/mol. The zero-order valence-electron chi connectivity index (χ0n) is 13.4. The third kappa shape index (κ3) is 2.25. The topological polar surface area (TPSA) is 64.9 Å². The molecule has 1 aliphatic heterocycles. The molecule has 4 rings (SSSR count). The van der Waals surface area contributed by atoms with E-state index in [0.717, 1.165) is 34.8 Å². The number of halogens is 1. The number of benzene rings is 1. The Kier molecular flexibility index (Phi) is 3.16. The number of rotatable bonds is 2. The van der Waals surface area contributed by atoms with Crippen molar-refractivity contribution in [3.63, 3.8) is 0 Å². The molecule has 24 heavy (non-hydrogen) atoms. The molecular formula is C17H17FN6. The number of nitrogens with zero attached hydrogens (tertiary/aromatic N) is 5. The smallest absolute Gasteiger partial charge is 0.161 e. The molecule has 0 spiro atoms. The third-order valence-corrected chi connectivity index (χ3v) is 4.11. The fourth-order valence-electron chi connectivity index (χ4n) is 2.97. The van der Waals surface area contributed by atoms with Gasteiger partial charge in [-0.1, -0.05) is 6.08 Å². The molecule has 3 heterocycles. The van der Waals surface area contributed by atoms with Gasteiger partial charge in [-0.25, -0.2) is 14.1 Å². The summed E-state index contributed by atoms with van der Waals surface area (Å²) >= 11 is 0. The molecule has 0 atom stereocenters. The number of hydrogen-bond acceptors (Lipinski definition) is 4. The van der Waals surface area contributed by atoms with Crippen molar-refractivity contribution in [2.45, 2.75) is 0 Å². The highest BCUT2D eigenvalue weighted by atomic mass is 19.1. The summed E-state index contributed by atoms with van der Waals surface area (Å²) in [5.41, 5.74) is 9.45. The summed E-state index contributed by atoms with van der Waals surface area (Å²) in [7, 11) is 3.84. The van der Waals surface area contributed by atoms with Gasteiger partial charge in [0.2, 0.25) is 0 Å². The standard InChI is InChI=1S/C17H17FN6/c1-22-9-14(16(21-22)11-3-5-12(18)6-4-11)13-7-8-23(2)24-10-15(19)20-17(13)24/h3-7,9-10H,8,19H2,1-2H3. The van der Waals surface area contributed by atoms with Gasteiger partial charge < -0.3 is 10.7 Å². The van der Waals surface area contributed by atoms with E-state index in [1.807, 2.05) is 30.0 Å². The first kappa shape index (κ1) is 14.5. The lowest BCUT2D eigenvalue weighted by molar-refractivity contribution is 0.628. The Balaban J connectivity index is 1.87. The first-order chi connectivity index (χ1) is 11.5. The van der Waals surface area contributed by atoms with E-state index in [1.54, 1.807) is 23.0 Å². The molecule has 0 fully saturated rings. The maximum atomic E-state index is 13.2. The summed E-state index contributed by atoms with van der Waals surface area (Å²) in [6.45, 7) is 0.732. The number of aromatic nitrogens is 4. The quantitative estimate of drug-likeness (QED) is 0.783. The van der Waals surface area contributed by atoms with Crippen LogP contribution in [0.25, 0.3) is 16.8 Å². The van der Waals surface area contributed by atoms with Crippen molar-refractivity contribution in [1.82, 2.24) is 19.4 Å². The second kappa shape index (κ2) is 5.23. The van der Waals surface area contributed by atoms with E-state index in [2.05, 4.69) is 16.2 Å². The summed E-state index contributed by atoms with van der Waals surface area (Å²) in [6, 6.07) is 6.35. The number of anilines is 1. The van der Waals surface area contributed by atoms with Gasteiger partial charge in [-0.3, -0.25) is 4.68 Å². The average Bonchev–Trinajstić information content (AvgIpc) is 3.12. The minimum atomic E-state index is -0.266. The van der Waals surface area contributed by atoms with E-state index in [9.17, 15) is 4.39 Å². The van der Waals surface area contributed by atoms with Gasteiger partial charge in [-0.2, -0.15) is 5.10 Å². The van der Waals surface area contributed by atoms with Crippen LogP contribution in [0.15, 0.2) is 42.7 Å². The number of fused-ring (bicyclic) bond motifs is 1. The van der Waals surface area contributed by atoms with Crippen LogP contribution in [0.5, 0.6) is 0 Å². The molecule has 1 aliphatic rings. The molecule has 0 saturated carbocycles. The minimum Gasteiger partial charge on any atom is -0.382 e. The van der Waals surface area contributed by atoms with Crippen LogP contribution in [0.2, 0.25) is 0 Å². The van der Waals surface area contributed by atoms with Gasteiger partial charge >= 0.3 is 0 Å². The Morgan fingerprint density at radius 1 is 1.12 bits per heavy atom. The van der Waals surface area contributed by atoms with Crippen LogP contribution in [-0.2, 0) is 7.05 Å². The van der Waals surface area contributed by atoms with Crippen molar-refractivity contribution in [3.05, 3.63) is 59.9 Å². The van der Waals surface area contributed by atoms with Gasteiger partial charge in [-0.15, -0.1) is 0 Å². The van der Waals surface area contributed by atoms with Gasteiger partial charge in [0, 0.05) is 37.0 Å². The summed E-state index contributed by atoms with van der Waals surface area (Å²) in [4.78, 5) is 4.45. The van der Waals surface area contributed by atoms with Crippen LogP contribution >= 0.6 is 0 Å². The Hall–Kier alpha value is -3.09. The lowest BCUT2D eigenvalue weighted by atomic mass is 10.00. The van der Waals surface area contributed by atoms with Crippen molar-refractivity contribution < 1.29 is 4.39 Å². The van der Waals surface area contributed by atoms with Gasteiger partial charge in [-0.05, 0) is 24.3 Å². The maximum Gasteiger partial charge on any atom is 0.161 e. The number of imidazole rings is 1. The van der Waals surface area contributed by atoms with Crippen LogP contribution in [0.1, 0.15) is 11.4 Å². The van der Waals surface area contributed by atoms with Crippen LogP contribution < -0.4 is 10.7 Å². The molecule has 122 valence electrons. The van der Waals surface area contributed by atoms with Crippen LogP contribution in [0.3, 0.4) is 0 Å². The Morgan fingerprint density at radius 3 is 2.62 bits per heavy atom. The van der Waals surface area contributed by atoms with E-state index < -0.39 is 0 Å². The number of likely N-dealkylation sites (N-methyl/N-ethyl adjacent to an activating group) is 1. The molecule has 2 N–H and O–H groups in total. The lowest BCUT2D eigenvalue weighted by Gasteiger charge is -2.26. The molecule has 6 nitrogen and oxygen atoms in total. The molecule has 0 radical (unpaired) electrons. The SMILES string of the molecule is CN1CC=C(c2cn(C)nc2-c2ccc(F)cc2)c2nc(N)cn21. The second-order valence-corrected chi connectivity index (χ2v) is 5.86. The molecule has 2 aromatic heterocycles. The normalized spacial score (nSPS) is 13.8. The monoisotopic (exact) mass is 324 g/mol. The molecule has 0 aliphatic carbocycles. The fraction of sp³-hybridized carbons (Fsp3) is 0.176.